The molecule has 76 valence electrons. The Morgan fingerprint density at radius 1 is 1.21 bits per heavy atom. The lowest BCUT2D eigenvalue weighted by atomic mass is 9.92. The second-order valence-corrected chi connectivity index (χ2v) is 4.09. The number of benzene rings is 1. The van der Waals surface area contributed by atoms with E-state index in [-0.39, 0.29) is 12.2 Å². The molecule has 1 fully saturated rings. The summed E-state index contributed by atoms with van der Waals surface area (Å²) < 4.78 is 5.82. The molecule has 0 amide bonds. The van der Waals surface area contributed by atoms with Crippen molar-refractivity contribution in [2.75, 3.05) is 0 Å². The van der Waals surface area contributed by atoms with Crippen molar-refractivity contribution in [1.29, 1.82) is 0 Å². The maximum atomic E-state index is 9.15. The quantitative estimate of drug-likeness (QED) is 0.778. The van der Waals surface area contributed by atoms with Gasteiger partial charge in [-0.15, -0.1) is 0 Å². The number of aliphatic hydroxyl groups is 1. The SMILES string of the molecule is Cc1cccc(C)c1OC1CC(O)C1. The molecule has 0 aromatic heterocycles. The van der Waals surface area contributed by atoms with Crippen molar-refractivity contribution in [1.82, 2.24) is 0 Å². The number of aryl methyl sites for hydroxylation is 2. The van der Waals surface area contributed by atoms with Crippen LogP contribution in [0, 0.1) is 13.8 Å². The molecule has 14 heavy (non-hydrogen) atoms. The van der Waals surface area contributed by atoms with Gasteiger partial charge in [-0.05, 0) is 25.0 Å². The van der Waals surface area contributed by atoms with Crippen LogP contribution in [-0.2, 0) is 0 Å². The Kier molecular flexibility index (Phi) is 2.46. The van der Waals surface area contributed by atoms with Crippen molar-refractivity contribution in [2.24, 2.45) is 0 Å². The van der Waals surface area contributed by atoms with Crippen LogP contribution in [0.4, 0.5) is 0 Å². The average Bonchev–Trinajstić information content (AvgIpc) is 2.08. The zero-order valence-corrected chi connectivity index (χ0v) is 8.66. The Bertz CT molecular complexity index is 307. The van der Waals surface area contributed by atoms with Gasteiger partial charge in [-0.2, -0.15) is 0 Å². The second-order valence-electron chi connectivity index (χ2n) is 4.09. The monoisotopic (exact) mass is 192 g/mol. The molecule has 1 N–H and O–H groups in total. The molecule has 2 rings (SSSR count). The highest BCUT2D eigenvalue weighted by atomic mass is 16.5. The minimum atomic E-state index is -0.149. The summed E-state index contributed by atoms with van der Waals surface area (Å²) in [5, 5.41) is 9.15. The third-order valence-corrected chi connectivity index (χ3v) is 2.76. The predicted octanol–water partition coefficient (Wildman–Crippen LogP) is 2.21. The lowest BCUT2D eigenvalue weighted by Crippen LogP contribution is -2.37. The number of aliphatic hydroxyl groups excluding tert-OH is 1. The highest BCUT2D eigenvalue weighted by Crippen LogP contribution is 2.29. The Hall–Kier alpha value is -1.02. The van der Waals surface area contributed by atoms with Crippen LogP contribution in [0.1, 0.15) is 24.0 Å². The molecule has 0 bridgehead atoms. The Labute approximate surface area is 84.5 Å². The summed E-state index contributed by atoms with van der Waals surface area (Å²) in [7, 11) is 0. The molecule has 2 nitrogen and oxygen atoms in total. The zero-order chi connectivity index (χ0) is 10.1. The van der Waals surface area contributed by atoms with Crippen LogP contribution < -0.4 is 4.74 Å². The van der Waals surface area contributed by atoms with Crippen molar-refractivity contribution in [2.45, 2.75) is 38.9 Å². The molecule has 1 aromatic rings. The Balaban J connectivity index is 2.09. The fourth-order valence-electron chi connectivity index (χ4n) is 1.79. The van der Waals surface area contributed by atoms with Crippen LogP contribution in [0.3, 0.4) is 0 Å². The molecule has 0 saturated heterocycles. The molecule has 0 radical (unpaired) electrons. The number of hydrogen-bond acceptors (Lipinski definition) is 2. The molecule has 0 heterocycles. The maximum Gasteiger partial charge on any atom is 0.125 e. The zero-order valence-electron chi connectivity index (χ0n) is 8.66. The van der Waals surface area contributed by atoms with Crippen molar-refractivity contribution in [3.63, 3.8) is 0 Å². The van der Waals surface area contributed by atoms with Crippen LogP contribution >= 0.6 is 0 Å². The number of rotatable bonds is 2. The molecule has 0 aliphatic heterocycles. The van der Waals surface area contributed by atoms with Gasteiger partial charge in [0.05, 0.1) is 6.10 Å². The highest BCUT2D eigenvalue weighted by molar-refractivity contribution is 5.39. The molecule has 1 aliphatic carbocycles. The van der Waals surface area contributed by atoms with E-state index in [2.05, 4.69) is 26.0 Å². The normalized spacial score (nSPS) is 25.6. The largest absolute Gasteiger partial charge is 0.490 e. The summed E-state index contributed by atoms with van der Waals surface area (Å²) >= 11 is 0. The molecule has 1 aliphatic rings. The predicted molar refractivity (Wildman–Crippen MR) is 55.6 cm³/mol. The fraction of sp³-hybridized carbons (Fsp3) is 0.500. The van der Waals surface area contributed by atoms with Gasteiger partial charge in [0.25, 0.3) is 0 Å². The van der Waals surface area contributed by atoms with Crippen LogP contribution in [0.2, 0.25) is 0 Å². The van der Waals surface area contributed by atoms with E-state index in [0.717, 1.165) is 18.6 Å². The van der Waals surface area contributed by atoms with Crippen LogP contribution in [0.15, 0.2) is 18.2 Å². The van der Waals surface area contributed by atoms with Gasteiger partial charge in [-0.1, -0.05) is 18.2 Å². The molecular weight excluding hydrogens is 176 g/mol. The van der Waals surface area contributed by atoms with E-state index in [1.807, 2.05) is 6.07 Å². The molecule has 0 atom stereocenters. The Morgan fingerprint density at radius 3 is 2.29 bits per heavy atom. The lowest BCUT2D eigenvalue weighted by Gasteiger charge is -2.32. The van der Waals surface area contributed by atoms with Gasteiger partial charge in [0.2, 0.25) is 0 Å². The number of para-hydroxylation sites is 1. The standard InChI is InChI=1S/C12H16O2/c1-8-4-3-5-9(2)12(8)14-11-6-10(13)7-11/h3-5,10-11,13H,6-7H2,1-2H3. The van der Waals surface area contributed by atoms with Crippen LogP contribution in [0.25, 0.3) is 0 Å². The van der Waals surface area contributed by atoms with Crippen molar-refractivity contribution >= 4 is 0 Å². The molecule has 1 saturated carbocycles. The third-order valence-electron chi connectivity index (χ3n) is 2.76. The summed E-state index contributed by atoms with van der Waals surface area (Å²) in [4.78, 5) is 0. The van der Waals surface area contributed by atoms with E-state index < -0.39 is 0 Å². The first-order chi connectivity index (χ1) is 6.66. The topological polar surface area (TPSA) is 29.5 Å². The van der Waals surface area contributed by atoms with Gasteiger partial charge in [0, 0.05) is 12.8 Å². The van der Waals surface area contributed by atoms with Gasteiger partial charge in [0.15, 0.2) is 0 Å². The average molecular weight is 192 g/mol. The van der Waals surface area contributed by atoms with E-state index in [9.17, 15) is 0 Å². The van der Waals surface area contributed by atoms with Gasteiger partial charge >= 0.3 is 0 Å². The second kappa shape index (κ2) is 3.62. The lowest BCUT2D eigenvalue weighted by molar-refractivity contribution is -0.0113. The summed E-state index contributed by atoms with van der Waals surface area (Å²) in [6.45, 7) is 4.11. The summed E-state index contributed by atoms with van der Waals surface area (Å²) in [6.07, 6.45) is 1.61. The van der Waals surface area contributed by atoms with Crippen molar-refractivity contribution < 1.29 is 9.84 Å². The van der Waals surface area contributed by atoms with E-state index in [1.165, 1.54) is 11.1 Å². The van der Waals surface area contributed by atoms with Gasteiger partial charge in [0.1, 0.15) is 11.9 Å². The fourth-order valence-corrected chi connectivity index (χ4v) is 1.79. The summed E-state index contributed by atoms with van der Waals surface area (Å²) in [6, 6.07) is 6.14. The number of ether oxygens (including phenoxy) is 1. The first kappa shape index (κ1) is 9.53. The van der Waals surface area contributed by atoms with Gasteiger partial charge < -0.3 is 9.84 Å². The minimum Gasteiger partial charge on any atom is -0.490 e. The van der Waals surface area contributed by atoms with Crippen LogP contribution in [0.5, 0.6) is 5.75 Å². The summed E-state index contributed by atoms with van der Waals surface area (Å²) in [5.74, 6) is 0.990. The van der Waals surface area contributed by atoms with Gasteiger partial charge in [-0.3, -0.25) is 0 Å². The molecule has 0 unspecified atom stereocenters. The molecule has 0 spiro atoms. The van der Waals surface area contributed by atoms with E-state index in [1.54, 1.807) is 0 Å². The van der Waals surface area contributed by atoms with Crippen molar-refractivity contribution in [3.05, 3.63) is 29.3 Å². The molecular formula is C12H16O2. The third kappa shape index (κ3) is 1.75. The summed E-state index contributed by atoms with van der Waals surface area (Å²) in [5.41, 5.74) is 2.35. The van der Waals surface area contributed by atoms with Gasteiger partial charge in [-0.25, -0.2) is 0 Å². The van der Waals surface area contributed by atoms with E-state index in [4.69, 9.17) is 9.84 Å². The Morgan fingerprint density at radius 2 is 1.79 bits per heavy atom. The van der Waals surface area contributed by atoms with Crippen molar-refractivity contribution in [3.8, 4) is 5.75 Å². The minimum absolute atomic E-state index is 0.149. The molecule has 1 aromatic carbocycles. The highest BCUT2D eigenvalue weighted by Gasteiger charge is 2.29. The first-order valence-electron chi connectivity index (χ1n) is 5.08. The smallest absolute Gasteiger partial charge is 0.125 e. The van der Waals surface area contributed by atoms with E-state index >= 15 is 0 Å². The first-order valence-corrected chi connectivity index (χ1v) is 5.08. The van der Waals surface area contributed by atoms with Crippen LogP contribution in [-0.4, -0.2) is 17.3 Å². The number of hydrogen-bond donors (Lipinski definition) is 1. The maximum absolute atomic E-state index is 9.15. The molecule has 2 heteroatoms. The van der Waals surface area contributed by atoms with E-state index in [0.29, 0.717) is 0 Å².